The van der Waals surface area contributed by atoms with E-state index in [4.69, 9.17) is 0 Å². The summed E-state index contributed by atoms with van der Waals surface area (Å²) in [5, 5.41) is 2.86. The maximum atomic E-state index is 13.3. The summed E-state index contributed by atoms with van der Waals surface area (Å²) < 4.78 is 30.1. The van der Waals surface area contributed by atoms with Gasteiger partial charge in [0.25, 0.3) is 0 Å². The smallest absolute Gasteiger partial charge is 0.243 e. The SMILES string of the molecule is CCC(=O)NCc1nc2c(n1CC)CN(S(=O)(=O)c1cc(C)ccc1C)CC2. The number of imidazole rings is 1. The first kappa shape index (κ1) is 20.5. The average molecular weight is 405 g/mol. The molecule has 1 N–H and O–H groups in total. The maximum Gasteiger partial charge on any atom is 0.243 e. The number of nitrogens with zero attached hydrogens (tertiary/aromatic N) is 3. The molecule has 2 heterocycles. The van der Waals surface area contributed by atoms with Crippen molar-refractivity contribution in [2.75, 3.05) is 6.54 Å². The predicted molar refractivity (Wildman–Crippen MR) is 107 cm³/mol. The molecule has 0 saturated heterocycles. The third-order valence-corrected chi connectivity index (χ3v) is 7.19. The molecule has 1 aliphatic heterocycles. The molecule has 0 bridgehead atoms. The Balaban J connectivity index is 1.90. The molecule has 0 spiro atoms. The highest BCUT2D eigenvalue weighted by molar-refractivity contribution is 7.89. The van der Waals surface area contributed by atoms with E-state index in [-0.39, 0.29) is 5.91 Å². The summed E-state index contributed by atoms with van der Waals surface area (Å²) in [6.45, 7) is 9.28. The van der Waals surface area contributed by atoms with Crippen molar-refractivity contribution in [3.05, 3.63) is 46.5 Å². The van der Waals surface area contributed by atoms with Gasteiger partial charge in [0, 0.05) is 25.9 Å². The van der Waals surface area contributed by atoms with Crippen LogP contribution in [-0.2, 0) is 40.9 Å². The van der Waals surface area contributed by atoms with Gasteiger partial charge in [0.1, 0.15) is 5.82 Å². The first-order valence-electron chi connectivity index (χ1n) is 9.69. The fraction of sp³-hybridized carbons (Fsp3) is 0.500. The minimum absolute atomic E-state index is 0.0252. The molecule has 0 aliphatic carbocycles. The standard InChI is InChI=1S/C20H28N4O3S/c1-5-20(25)21-12-19-22-16-9-10-23(13-17(16)24(19)6-2)28(26,27)18-11-14(3)7-8-15(18)4/h7-8,11H,5-6,9-10,12-13H2,1-4H3,(H,21,25). The van der Waals surface area contributed by atoms with E-state index in [9.17, 15) is 13.2 Å². The fourth-order valence-corrected chi connectivity index (χ4v) is 5.30. The second kappa shape index (κ2) is 8.05. The number of amides is 1. The summed E-state index contributed by atoms with van der Waals surface area (Å²) in [5.41, 5.74) is 3.52. The summed E-state index contributed by atoms with van der Waals surface area (Å²) in [4.78, 5) is 16.6. The van der Waals surface area contributed by atoms with E-state index in [0.717, 1.165) is 28.3 Å². The fourth-order valence-electron chi connectivity index (χ4n) is 3.59. The zero-order chi connectivity index (χ0) is 20.5. The summed E-state index contributed by atoms with van der Waals surface area (Å²) in [5.74, 6) is 0.753. The molecule has 1 aliphatic rings. The quantitative estimate of drug-likeness (QED) is 0.801. The predicted octanol–water partition coefficient (Wildman–Crippen LogP) is 2.29. The Morgan fingerprint density at radius 1 is 1.25 bits per heavy atom. The van der Waals surface area contributed by atoms with Gasteiger partial charge in [0.2, 0.25) is 15.9 Å². The van der Waals surface area contributed by atoms with Gasteiger partial charge in [-0.3, -0.25) is 4.79 Å². The number of aryl methyl sites for hydroxylation is 2. The third kappa shape index (κ3) is 3.84. The van der Waals surface area contributed by atoms with Crippen LogP contribution in [0.1, 0.15) is 48.6 Å². The minimum atomic E-state index is -3.58. The second-order valence-electron chi connectivity index (χ2n) is 7.15. The maximum absolute atomic E-state index is 13.3. The molecule has 7 nitrogen and oxygen atoms in total. The molecule has 8 heteroatoms. The topological polar surface area (TPSA) is 84.3 Å². The van der Waals surface area contributed by atoms with E-state index in [0.29, 0.717) is 43.9 Å². The van der Waals surface area contributed by atoms with Gasteiger partial charge >= 0.3 is 0 Å². The van der Waals surface area contributed by atoms with Crippen molar-refractivity contribution >= 4 is 15.9 Å². The van der Waals surface area contributed by atoms with Gasteiger partial charge in [-0.25, -0.2) is 13.4 Å². The highest BCUT2D eigenvalue weighted by Crippen LogP contribution is 2.28. The molecule has 0 radical (unpaired) electrons. The lowest BCUT2D eigenvalue weighted by Gasteiger charge is -2.27. The summed E-state index contributed by atoms with van der Waals surface area (Å²) in [7, 11) is -3.58. The van der Waals surface area contributed by atoms with Crippen molar-refractivity contribution in [1.82, 2.24) is 19.2 Å². The van der Waals surface area contributed by atoms with E-state index in [1.54, 1.807) is 10.4 Å². The van der Waals surface area contributed by atoms with Crippen LogP contribution in [0.15, 0.2) is 23.1 Å². The molecular formula is C20H28N4O3S. The zero-order valence-electron chi connectivity index (χ0n) is 16.9. The van der Waals surface area contributed by atoms with Crippen molar-refractivity contribution in [2.24, 2.45) is 0 Å². The van der Waals surface area contributed by atoms with Gasteiger partial charge in [-0.15, -0.1) is 0 Å². The Labute approximate surface area is 166 Å². The second-order valence-corrected chi connectivity index (χ2v) is 9.06. The van der Waals surface area contributed by atoms with Crippen molar-refractivity contribution in [1.29, 1.82) is 0 Å². The summed E-state index contributed by atoms with van der Waals surface area (Å²) >= 11 is 0. The van der Waals surface area contributed by atoms with Gasteiger partial charge in [0.05, 0.1) is 29.4 Å². The minimum Gasteiger partial charge on any atom is -0.349 e. The van der Waals surface area contributed by atoms with Crippen molar-refractivity contribution in [3.63, 3.8) is 0 Å². The highest BCUT2D eigenvalue weighted by atomic mass is 32.2. The Bertz CT molecular complexity index is 995. The number of nitrogens with one attached hydrogen (secondary N) is 1. The molecule has 0 saturated carbocycles. The van der Waals surface area contributed by atoms with E-state index >= 15 is 0 Å². The molecule has 1 amide bonds. The molecule has 152 valence electrons. The Morgan fingerprint density at radius 3 is 2.68 bits per heavy atom. The van der Waals surface area contributed by atoms with Crippen LogP contribution in [0.5, 0.6) is 0 Å². The lowest BCUT2D eigenvalue weighted by molar-refractivity contribution is -0.120. The van der Waals surface area contributed by atoms with Crippen LogP contribution in [0.3, 0.4) is 0 Å². The van der Waals surface area contributed by atoms with Gasteiger partial charge in [-0.2, -0.15) is 4.31 Å². The summed E-state index contributed by atoms with van der Waals surface area (Å²) in [6, 6.07) is 5.51. The molecule has 1 aromatic carbocycles. The Kier molecular flexibility index (Phi) is 5.90. The van der Waals surface area contributed by atoms with Crippen LogP contribution < -0.4 is 5.32 Å². The Hall–Kier alpha value is -2.19. The van der Waals surface area contributed by atoms with Crippen LogP contribution in [0.4, 0.5) is 0 Å². The van der Waals surface area contributed by atoms with E-state index < -0.39 is 10.0 Å². The molecule has 0 atom stereocenters. The lowest BCUT2D eigenvalue weighted by atomic mass is 10.2. The number of hydrogen-bond acceptors (Lipinski definition) is 4. The third-order valence-electron chi connectivity index (χ3n) is 5.20. The normalized spacial score (nSPS) is 14.7. The van der Waals surface area contributed by atoms with Crippen LogP contribution in [-0.4, -0.2) is 34.7 Å². The van der Waals surface area contributed by atoms with E-state index in [2.05, 4.69) is 10.3 Å². The van der Waals surface area contributed by atoms with Crippen LogP contribution in [0.25, 0.3) is 0 Å². The highest BCUT2D eigenvalue weighted by Gasteiger charge is 2.32. The largest absolute Gasteiger partial charge is 0.349 e. The number of fused-ring (bicyclic) bond motifs is 1. The average Bonchev–Trinajstić information content (AvgIpc) is 3.04. The first-order valence-corrected chi connectivity index (χ1v) is 11.1. The van der Waals surface area contributed by atoms with Gasteiger partial charge in [0.15, 0.2) is 0 Å². The van der Waals surface area contributed by atoms with E-state index in [1.165, 1.54) is 0 Å². The lowest BCUT2D eigenvalue weighted by Crippen LogP contribution is -2.37. The molecule has 0 fully saturated rings. The molecule has 1 aromatic heterocycles. The van der Waals surface area contributed by atoms with Crippen molar-refractivity contribution < 1.29 is 13.2 Å². The number of rotatable bonds is 6. The Morgan fingerprint density at radius 2 is 2.00 bits per heavy atom. The van der Waals surface area contributed by atoms with Crippen LogP contribution >= 0.6 is 0 Å². The number of aromatic nitrogens is 2. The number of sulfonamides is 1. The van der Waals surface area contributed by atoms with Gasteiger partial charge in [-0.05, 0) is 38.0 Å². The number of hydrogen-bond donors (Lipinski definition) is 1. The van der Waals surface area contributed by atoms with Crippen LogP contribution in [0, 0.1) is 13.8 Å². The molecule has 3 rings (SSSR count). The summed E-state index contributed by atoms with van der Waals surface area (Å²) in [6.07, 6.45) is 0.996. The molecular weight excluding hydrogens is 376 g/mol. The number of carbonyl (C=O) groups excluding carboxylic acids is 1. The monoisotopic (exact) mass is 404 g/mol. The van der Waals surface area contributed by atoms with Gasteiger partial charge < -0.3 is 9.88 Å². The molecule has 28 heavy (non-hydrogen) atoms. The van der Waals surface area contributed by atoms with Crippen LogP contribution in [0.2, 0.25) is 0 Å². The van der Waals surface area contributed by atoms with Crippen molar-refractivity contribution in [3.8, 4) is 0 Å². The van der Waals surface area contributed by atoms with Gasteiger partial charge in [-0.1, -0.05) is 19.1 Å². The molecule has 0 unspecified atom stereocenters. The molecule has 2 aromatic rings. The van der Waals surface area contributed by atoms with Crippen molar-refractivity contribution in [2.45, 2.75) is 65.1 Å². The number of benzene rings is 1. The van der Waals surface area contributed by atoms with E-state index in [1.807, 2.05) is 44.4 Å². The zero-order valence-corrected chi connectivity index (χ0v) is 17.8. The first-order chi connectivity index (χ1) is 13.3. The number of carbonyl (C=O) groups is 1.